The van der Waals surface area contributed by atoms with Crippen molar-refractivity contribution in [1.29, 1.82) is 5.26 Å². The molecule has 0 aliphatic carbocycles. The fourth-order valence-electron chi connectivity index (χ4n) is 2.44. The molecule has 4 nitrogen and oxygen atoms in total. The monoisotopic (exact) mass is 261 g/mol. The molecule has 1 aromatic carbocycles. The number of hydrogen-bond acceptors (Lipinski definition) is 3. The minimum atomic E-state index is 0.276. The maximum atomic E-state index is 8.99. The number of fused-ring (bicyclic) bond motifs is 1. The largest absolute Gasteiger partial charge is 0.379 e. The third kappa shape index (κ3) is 1.76. The molecule has 18 heavy (non-hydrogen) atoms. The summed E-state index contributed by atoms with van der Waals surface area (Å²) < 4.78 is 7.55. The minimum Gasteiger partial charge on any atom is -0.379 e. The summed E-state index contributed by atoms with van der Waals surface area (Å²) in [6.45, 7) is 1.45. The van der Waals surface area contributed by atoms with Crippen molar-refractivity contribution in [3.8, 4) is 6.07 Å². The van der Waals surface area contributed by atoms with Crippen molar-refractivity contribution >= 4 is 22.6 Å². The van der Waals surface area contributed by atoms with Crippen LogP contribution in [0.2, 0.25) is 0 Å². The quantitative estimate of drug-likeness (QED) is 0.781. The van der Waals surface area contributed by atoms with Gasteiger partial charge in [0.25, 0.3) is 0 Å². The molecule has 1 aliphatic rings. The first-order valence-corrected chi connectivity index (χ1v) is 6.41. The van der Waals surface area contributed by atoms with E-state index in [0.717, 1.165) is 29.9 Å². The summed E-state index contributed by atoms with van der Waals surface area (Å²) in [5.41, 5.74) is 2.50. The van der Waals surface area contributed by atoms with Gasteiger partial charge in [0, 0.05) is 6.61 Å². The van der Waals surface area contributed by atoms with Gasteiger partial charge in [0.2, 0.25) is 0 Å². The summed E-state index contributed by atoms with van der Waals surface area (Å²) in [5, 5.41) is 8.99. The lowest BCUT2D eigenvalue weighted by atomic mass is 10.2. The SMILES string of the molecule is N#Cc1ccc2nc(CCl)n(C3CCOC3)c2c1. The Morgan fingerprint density at radius 3 is 3.11 bits per heavy atom. The third-order valence-corrected chi connectivity index (χ3v) is 3.52. The van der Waals surface area contributed by atoms with Gasteiger partial charge in [0.1, 0.15) is 5.82 Å². The molecule has 3 rings (SSSR count). The summed E-state index contributed by atoms with van der Waals surface area (Å²) in [4.78, 5) is 4.52. The summed E-state index contributed by atoms with van der Waals surface area (Å²) in [7, 11) is 0. The first-order chi connectivity index (χ1) is 8.83. The molecule has 1 aliphatic heterocycles. The Hall–Kier alpha value is -1.57. The molecule has 0 saturated carbocycles. The van der Waals surface area contributed by atoms with Gasteiger partial charge in [0.15, 0.2) is 0 Å². The summed E-state index contributed by atoms with van der Waals surface area (Å²) in [5.74, 6) is 1.21. The Morgan fingerprint density at radius 1 is 1.56 bits per heavy atom. The molecule has 1 fully saturated rings. The molecule has 92 valence electrons. The Kier molecular flexibility index (Phi) is 2.94. The zero-order chi connectivity index (χ0) is 12.5. The zero-order valence-electron chi connectivity index (χ0n) is 9.77. The predicted molar refractivity (Wildman–Crippen MR) is 68.5 cm³/mol. The maximum Gasteiger partial charge on any atom is 0.125 e. The van der Waals surface area contributed by atoms with Crippen LogP contribution in [-0.2, 0) is 10.6 Å². The number of imidazole rings is 1. The fourth-order valence-corrected chi connectivity index (χ4v) is 2.63. The maximum absolute atomic E-state index is 8.99. The molecule has 1 unspecified atom stereocenters. The van der Waals surface area contributed by atoms with Gasteiger partial charge in [-0.3, -0.25) is 0 Å². The van der Waals surface area contributed by atoms with E-state index >= 15 is 0 Å². The Balaban J connectivity index is 2.21. The number of nitriles is 1. The van der Waals surface area contributed by atoms with Crippen LogP contribution in [0.4, 0.5) is 0 Å². The van der Waals surface area contributed by atoms with Crippen LogP contribution in [0, 0.1) is 11.3 Å². The van der Waals surface area contributed by atoms with E-state index < -0.39 is 0 Å². The smallest absolute Gasteiger partial charge is 0.125 e. The topological polar surface area (TPSA) is 50.8 Å². The number of rotatable bonds is 2. The van der Waals surface area contributed by atoms with Crippen molar-refractivity contribution in [3.05, 3.63) is 29.6 Å². The normalized spacial score (nSPS) is 19.2. The van der Waals surface area contributed by atoms with Gasteiger partial charge in [-0.25, -0.2) is 4.98 Å². The van der Waals surface area contributed by atoms with Crippen molar-refractivity contribution in [2.45, 2.75) is 18.3 Å². The van der Waals surface area contributed by atoms with Crippen molar-refractivity contribution < 1.29 is 4.74 Å². The van der Waals surface area contributed by atoms with Gasteiger partial charge in [-0.05, 0) is 24.6 Å². The molecule has 5 heteroatoms. The van der Waals surface area contributed by atoms with Gasteiger partial charge in [-0.2, -0.15) is 5.26 Å². The molecule has 0 bridgehead atoms. The second-order valence-electron chi connectivity index (χ2n) is 4.36. The summed E-state index contributed by atoms with van der Waals surface area (Å²) >= 11 is 5.97. The van der Waals surface area contributed by atoms with Crippen LogP contribution in [0.3, 0.4) is 0 Å². The fraction of sp³-hybridized carbons (Fsp3) is 0.385. The third-order valence-electron chi connectivity index (χ3n) is 3.28. The standard InChI is InChI=1S/C13H12ClN3O/c14-6-13-16-11-2-1-9(7-15)5-12(11)17(13)10-3-4-18-8-10/h1-2,5,10H,3-4,6,8H2. The van der Waals surface area contributed by atoms with Gasteiger partial charge < -0.3 is 9.30 Å². The van der Waals surface area contributed by atoms with E-state index in [1.165, 1.54) is 0 Å². The van der Waals surface area contributed by atoms with Gasteiger partial charge in [-0.15, -0.1) is 11.6 Å². The number of alkyl halides is 1. The second-order valence-corrected chi connectivity index (χ2v) is 4.63. The lowest BCUT2D eigenvalue weighted by Crippen LogP contribution is -2.11. The minimum absolute atomic E-state index is 0.276. The van der Waals surface area contributed by atoms with E-state index in [0.29, 0.717) is 18.1 Å². The van der Waals surface area contributed by atoms with Crippen LogP contribution in [0.5, 0.6) is 0 Å². The first-order valence-electron chi connectivity index (χ1n) is 5.88. The number of aromatic nitrogens is 2. The molecular weight excluding hydrogens is 250 g/mol. The predicted octanol–water partition coefficient (Wildman–Crippen LogP) is 2.61. The average molecular weight is 262 g/mol. The molecule has 1 atom stereocenters. The number of halogens is 1. The molecule has 1 aromatic heterocycles. The number of nitrogens with zero attached hydrogens (tertiary/aromatic N) is 3. The Bertz CT molecular complexity index is 623. The highest BCUT2D eigenvalue weighted by atomic mass is 35.5. The van der Waals surface area contributed by atoms with E-state index in [1.807, 2.05) is 12.1 Å². The molecule has 1 saturated heterocycles. The van der Waals surface area contributed by atoms with Crippen LogP contribution in [-0.4, -0.2) is 22.8 Å². The summed E-state index contributed by atoms with van der Waals surface area (Å²) in [6.07, 6.45) is 0.964. The molecular formula is C13H12ClN3O. The van der Waals surface area contributed by atoms with Crippen LogP contribution >= 0.6 is 11.6 Å². The second kappa shape index (κ2) is 4.60. The summed E-state index contributed by atoms with van der Waals surface area (Å²) in [6, 6.07) is 7.96. The number of benzene rings is 1. The van der Waals surface area contributed by atoms with Gasteiger partial charge in [-0.1, -0.05) is 0 Å². The first kappa shape index (κ1) is 11.5. The van der Waals surface area contributed by atoms with Crippen LogP contribution in [0.1, 0.15) is 23.9 Å². The van der Waals surface area contributed by atoms with Crippen LogP contribution in [0.15, 0.2) is 18.2 Å². The van der Waals surface area contributed by atoms with Gasteiger partial charge >= 0.3 is 0 Å². The van der Waals surface area contributed by atoms with E-state index in [2.05, 4.69) is 15.6 Å². The van der Waals surface area contributed by atoms with E-state index in [-0.39, 0.29) is 6.04 Å². The highest BCUT2D eigenvalue weighted by Gasteiger charge is 2.22. The van der Waals surface area contributed by atoms with Crippen LogP contribution < -0.4 is 0 Å². The Morgan fingerprint density at radius 2 is 2.44 bits per heavy atom. The van der Waals surface area contributed by atoms with Crippen molar-refractivity contribution in [3.63, 3.8) is 0 Å². The number of hydrogen-bond donors (Lipinski definition) is 0. The van der Waals surface area contributed by atoms with E-state index in [9.17, 15) is 0 Å². The molecule has 0 N–H and O–H groups in total. The highest BCUT2D eigenvalue weighted by Crippen LogP contribution is 2.28. The zero-order valence-corrected chi connectivity index (χ0v) is 10.5. The number of ether oxygens (including phenoxy) is 1. The lowest BCUT2D eigenvalue weighted by Gasteiger charge is -2.13. The molecule has 0 radical (unpaired) electrons. The highest BCUT2D eigenvalue weighted by molar-refractivity contribution is 6.16. The van der Waals surface area contributed by atoms with E-state index in [4.69, 9.17) is 21.6 Å². The van der Waals surface area contributed by atoms with Crippen LogP contribution in [0.25, 0.3) is 11.0 Å². The molecule has 2 heterocycles. The van der Waals surface area contributed by atoms with Crippen molar-refractivity contribution in [2.24, 2.45) is 0 Å². The molecule has 0 spiro atoms. The molecule has 0 amide bonds. The van der Waals surface area contributed by atoms with Gasteiger partial charge in [0.05, 0.1) is 41.2 Å². The Labute approximate surface area is 110 Å². The van der Waals surface area contributed by atoms with E-state index in [1.54, 1.807) is 6.07 Å². The molecule has 2 aromatic rings. The average Bonchev–Trinajstić information content (AvgIpc) is 3.03. The lowest BCUT2D eigenvalue weighted by molar-refractivity contribution is 0.187. The van der Waals surface area contributed by atoms with Crippen molar-refractivity contribution in [1.82, 2.24) is 9.55 Å². The van der Waals surface area contributed by atoms with Crippen molar-refractivity contribution in [2.75, 3.05) is 13.2 Å².